The number of hydrogen-bond acceptors (Lipinski definition) is 6. The molecule has 3 rings (SSSR count). The molecule has 0 radical (unpaired) electrons. The minimum absolute atomic E-state index is 0.533. The van der Waals surface area contributed by atoms with Gasteiger partial charge in [-0.25, -0.2) is 14.6 Å². The molecule has 2 aromatic heterocycles. The number of aromatic nitrogens is 4. The van der Waals surface area contributed by atoms with Crippen molar-refractivity contribution < 1.29 is 4.74 Å². The minimum Gasteiger partial charge on any atom is -0.497 e. The number of benzene rings is 1. The van der Waals surface area contributed by atoms with E-state index in [1.165, 1.54) is 6.33 Å². The van der Waals surface area contributed by atoms with Crippen molar-refractivity contribution in [3.63, 3.8) is 0 Å². The molecule has 0 aliphatic carbocycles. The predicted molar refractivity (Wildman–Crippen MR) is 83.3 cm³/mol. The minimum atomic E-state index is 0.533. The lowest BCUT2D eigenvalue weighted by Crippen LogP contribution is -1.99. The summed E-state index contributed by atoms with van der Waals surface area (Å²) in [6.45, 7) is 0. The Labute approximate surface area is 126 Å². The first-order valence-electron chi connectivity index (χ1n) is 6.37. The van der Waals surface area contributed by atoms with Crippen LogP contribution in [0.4, 0.5) is 5.82 Å². The molecule has 7 heteroatoms. The van der Waals surface area contributed by atoms with Crippen molar-refractivity contribution in [2.24, 2.45) is 7.05 Å². The Morgan fingerprint density at radius 1 is 1.33 bits per heavy atom. The van der Waals surface area contributed by atoms with Crippen molar-refractivity contribution in [2.75, 3.05) is 12.8 Å². The maximum absolute atomic E-state index is 6.05. The Morgan fingerprint density at radius 2 is 2.19 bits per heavy atom. The first-order valence-corrected chi connectivity index (χ1v) is 7.36. The zero-order valence-corrected chi connectivity index (χ0v) is 12.6. The van der Waals surface area contributed by atoms with Crippen molar-refractivity contribution in [2.45, 2.75) is 10.9 Å². The van der Waals surface area contributed by atoms with E-state index in [-0.39, 0.29) is 0 Å². The lowest BCUT2D eigenvalue weighted by molar-refractivity contribution is 0.415. The average molecular weight is 301 g/mol. The Balaban J connectivity index is 1.88. The quantitative estimate of drug-likeness (QED) is 0.745. The molecular weight excluding hydrogens is 286 g/mol. The Bertz CT molecular complexity index is 786. The Kier molecular flexibility index (Phi) is 3.66. The number of ether oxygens (including phenoxy) is 1. The van der Waals surface area contributed by atoms with E-state index in [4.69, 9.17) is 10.5 Å². The summed E-state index contributed by atoms with van der Waals surface area (Å²) in [5, 5.41) is 5.94. The standard InChI is InChI=1S/C14H15N5OS/c1-19-14(16-8-17-19)21-7-10-5-9-3-4-11(20-2)6-12(9)18-13(10)15/h3-6,8H,7H2,1-2H3,(H2,15,18). The molecule has 0 unspecified atom stereocenters. The van der Waals surface area contributed by atoms with Gasteiger partial charge in [-0.3, -0.25) is 0 Å². The van der Waals surface area contributed by atoms with Gasteiger partial charge in [0.25, 0.3) is 0 Å². The molecule has 0 bridgehead atoms. The van der Waals surface area contributed by atoms with Crippen LogP contribution in [0.25, 0.3) is 10.9 Å². The number of pyridine rings is 1. The number of anilines is 1. The van der Waals surface area contributed by atoms with Crippen LogP contribution >= 0.6 is 11.8 Å². The highest BCUT2D eigenvalue weighted by molar-refractivity contribution is 7.98. The molecule has 108 valence electrons. The fourth-order valence-corrected chi connectivity index (χ4v) is 2.88. The zero-order valence-electron chi connectivity index (χ0n) is 11.8. The van der Waals surface area contributed by atoms with Crippen LogP contribution in [0.5, 0.6) is 5.75 Å². The average Bonchev–Trinajstić information content (AvgIpc) is 2.90. The van der Waals surface area contributed by atoms with Gasteiger partial charge in [0.05, 0.1) is 12.6 Å². The summed E-state index contributed by atoms with van der Waals surface area (Å²) in [5.74, 6) is 2.01. The topological polar surface area (TPSA) is 78.9 Å². The van der Waals surface area contributed by atoms with Crippen LogP contribution in [0.15, 0.2) is 35.7 Å². The first kappa shape index (κ1) is 13.7. The first-order chi connectivity index (χ1) is 10.2. The van der Waals surface area contributed by atoms with Crippen LogP contribution in [0.3, 0.4) is 0 Å². The second-order valence-electron chi connectivity index (χ2n) is 4.55. The van der Waals surface area contributed by atoms with Crippen LogP contribution in [-0.4, -0.2) is 26.9 Å². The summed E-state index contributed by atoms with van der Waals surface area (Å²) in [7, 11) is 3.50. The molecule has 0 atom stereocenters. The molecule has 1 aromatic carbocycles. The van der Waals surface area contributed by atoms with Crippen molar-refractivity contribution in [1.82, 2.24) is 19.7 Å². The molecule has 2 N–H and O–H groups in total. The number of rotatable bonds is 4. The van der Waals surface area contributed by atoms with Gasteiger partial charge in [-0.05, 0) is 18.2 Å². The number of fused-ring (bicyclic) bond motifs is 1. The van der Waals surface area contributed by atoms with Gasteiger partial charge in [0.2, 0.25) is 0 Å². The van der Waals surface area contributed by atoms with Gasteiger partial charge < -0.3 is 10.5 Å². The molecule has 2 heterocycles. The summed E-state index contributed by atoms with van der Waals surface area (Å²) in [6.07, 6.45) is 1.54. The fourth-order valence-electron chi connectivity index (χ4n) is 2.01. The molecule has 0 aliphatic heterocycles. The third-order valence-corrected chi connectivity index (χ3v) is 4.25. The zero-order chi connectivity index (χ0) is 14.8. The molecule has 0 saturated heterocycles. The van der Waals surface area contributed by atoms with Crippen molar-refractivity contribution in [3.05, 3.63) is 36.2 Å². The molecule has 0 spiro atoms. The second-order valence-corrected chi connectivity index (χ2v) is 5.49. The normalized spacial score (nSPS) is 11.0. The molecule has 0 aliphatic rings. The molecule has 0 amide bonds. The molecule has 6 nitrogen and oxygen atoms in total. The van der Waals surface area contributed by atoms with Crippen LogP contribution < -0.4 is 10.5 Å². The van der Waals surface area contributed by atoms with Gasteiger partial charge in [-0.2, -0.15) is 5.10 Å². The number of nitrogens with two attached hydrogens (primary N) is 1. The van der Waals surface area contributed by atoms with E-state index in [2.05, 4.69) is 21.1 Å². The van der Waals surface area contributed by atoms with E-state index in [0.717, 1.165) is 27.4 Å². The lowest BCUT2D eigenvalue weighted by atomic mass is 10.1. The smallest absolute Gasteiger partial charge is 0.186 e. The summed E-state index contributed by atoms with van der Waals surface area (Å²) < 4.78 is 6.94. The second kappa shape index (κ2) is 5.61. The van der Waals surface area contributed by atoms with Crippen molar-refractivity contribution in [1.29, 1.82) is 0 Å². The van der Waals surface area contributed by atoms with Gasteiger partial charge in [0.15, 0.2) is 5.16 Å². The molecule has 0 saturated carbocycles. The van der Waals surface area contributed by atoms with Gasteiger partial charge in [-0.15, -0.1) is 0 Å². The van der Waals surface area contributed by atoms with Crippen molar-refractivity contribution in [3.8, 4) is 5.75 Å². The van der Waals surface area contributed by atoms with Crippen LogP contribution in [0, 0.1) is 0 Å². The number of aryl methyl sites for hydroxylation is 1. The van der Waals surface area contributed by atoms with E-state index < -0.39 is 0 Å². The highest BCUT2D eigenvalue weighted by Crippen LogP contribution is 2.27. The van der Waals surface area contributed by atoms with Crippen LogP contribution in [-0.2, 0) is 12.8 Å². The van der Waals surface area contributed by atoms with Gasteiger partial charge in [-0.1, -0.05) is 11.8 Å². The highest BCUT2D eigenvalue weighted by atomic mass is 32.2. The summed E-state index contributed by atoms with van der Waals surface area (Å²) >= 11 is 1.58. The molecule has 0 fully saturated rings. The van der Waals surface area contributed by atoms with E-state index >= 15 is 0 Å². The third-order valence-electron chi connectivity index (χ3n) is 3.16. The monoisotopic (exact) mass is 301 g/mol. The summed E-state index contributed by atoms with van der Waals surface area (Å²) in [5.41, 5.74) is 7.87. The predicted octanol–water partition coefficient (Wildman–Crippen LogP) is 2.25. The molecule has 3 aromatic rings. The Hall–Kier alpha value is -2.28. The van der Waals surface area contributed by atoms with E-state index in [0.29, 0.717) is 11.6 Å². The van der Waals surface area contributed by atoms with Gasteiger partial charge >= 0.3 is 0 Å². The number of nitrogens with zero attached hydrogens (tertiary/aromatic N) is 4. The lowest BCUT2D eigenvalue weighted by Gasteiger charge is -2.08. The third kappa shape index (κ3) is 2.78. The van der Waals surface area contributed by atoms with Crippen molar-refractivity contribution >= 4 is 28.5 Å². The van der Waals surface area contributed by atoms with E-state index in [1.807, 2.05) is 25.2 Å². The van der Waals surface area contributed by atoms with Crippen LogP contribution in [0.1, 0.15) is 5.56 Å². The number of methoxy groups -OCH3 is 1. The summed E-state index contributed by atoms with van der Waals surface area (Å²) in [6, 6.07) is 7.84. The SMILES string of the molecule is COc1ccc2cc(CSc3ncnn3C)c(N)nc2c1. The van der Waals surface area contributed by atoms with E-state index in [1.54, 1.807) is 23.6 Å². The number of nitrogen functional groups attached to an aromatic ring is 1. The largest absolute Gasteiger partial charge is 0.497 e. The fraction of sp³-hybridized carbons (Fsp3) is 0.214. The number of hydrogen-bond donors (Lipinski definition) is 1. The van der Waals surface area contributed by atoms with E-state index in [9.17, 15) is 0 Å². The Morgan fingerprint density at radius 3 is 2.90 bits per heavy atom. The maximum Gasteiger partial charge on any atom is 0.186 e. The summed E-state index contributed by atoms with van der Waals surface area (Å²) in [4.78, 5) is 8.63. The molecule has 21 heavy (non-hydrogen) atoms. The maximum atomic E-state index is 6.05. The number of thioether (sulfide) groups is 1. The van der Waals surface area contributed by atoms with Gasteiger partial charge in [0.1, 0.15) is 17.9 Å². The molecular formula is C14H15N5OS. The van der Waals surface area contributed by atoms with Gasteiger partial charge in [0, 0.05) is 29.8 Å². The highest BCUT2D eigenvalue weighted by Gasteiger charge is 2.08. The van der Waals surface area contributed by atoms with Crippen LogP contribution in [0.2, 0.25) is 0 Å².